The molecule has 1 N–H and O–H groups in total. The van der Waals surface area contributed by atoms with Gasteiger partial charge in [0.2, 0.25) is 5.95 Å². The maximum Gasteiger partial charge on any atom is 0.209 e. The van der Waals surface area contributed by atoms with Crippen molar-refractivity contribution >= 4 is 0 Å². The van der Waals surface area contributed by atoms with E-state index < -0.39 is 0 Å². The van der Waals surface area contributed by atoms with Crippen LogP contribution in [0.15, 0.2) is 6.07 Å². The molecule has 3 heteroatoms. The number of aromatic amines is 1. The third kappa shape index (κ3) is 6.62. The van der Waals surface area contributed by atoms with Crippen LogP contribution < -0.4 is 0 Å². The zero-order valence-electron chi connectivity index (χ0n) is 14.2. The van der Waals surface area contributed by atoms with E-state index in [4.69, 9.17) is 0 Å². The maximum atomic E-state index is 13.3. The molecule has 0 aliphatic carbocycles. The van der Waals surface area contributed by atoms with Crippen molar-refractivity contribution in [3.8, 4) is 0 Å². The Balaban J connectivity index is 2.52. The fourth-order valence-electron chi connectivity index (χ4n) is 3.05. The number of nitrogens with one attached hydrogen (secondary N) is 1. The van der Waals surface area contributed by atoms with Crippen molar-refractivity contribution < 1.29 is 4.39 Å². The first-order valence-electron chi connectivity index (χ1n) is 8.83. The fraction of sp³-hybridized carbons (Fsp3) is 0.833. The summed E-state index contributed by atoms with van der Waals surface area (Å²) in [6.45, 7) is 6.73. The lowest BCUT2D eigenvalue weighted by molar-refractivity contribution is 0.354. The summed E-state index contributed by atoms with van der Waals surface area (Å²) in [6, 6.07) is 1.59. The minimum atomic E-state index is -0.309. The summed E-state index contributed by atoms with van der Waals surface area (Å²) in [7, 11) is 0. The van der Waals surface area contributed by atoms with Gasteiger partial charge in [-0.3, -0.25) is 5.10 Å². The smallest absolute Gasteiger partial charge is 0.209 e. The van der Waals surface area contributed by atoms with Gasteiger partial charge in [0, 0.05) is 11.5 Å². The first-order chi connectivity index (χ1) is 10.1. The molecule has 21 heavy (non-hydrogen) atoms. The number of hydrogen-bond acceptors (Lipinski definition) is 1. The van der Waals surface area contributed by atoms with Crippen LogP contribution in [-0.2, 0) is 5.41 Å². The predicted molar refractivity (Wildman–Crippen MR) is 88.0 cm³/mol. The van der Waals surface area contributed by atoms with Crippen molar-refractivity contribution in [2.45, 2.75) is 96.8 Å². The second kappa shape index (κ2) is 9.97. The molecule has 0 saturated heterocycles. The topological polar surface area (TPSA) is 28.7 Å². The molecule has 1 aromatic rings. The van der Waals surface area contributed by atoms with Gasteiger partial charge < -0.3 is 0 Å². The Morgan fingerprint density at radius 3 is 1.95 bits per heavy atom. The van der Waals surface area contributed by atoms with Crippen LogP contribution in [0.3, 0.4) is 0 Å². The molecule has 0 spiro atoms. The summed E-state index contributed by atoms with van der Waals surface area (Å²) < 4.78 is 13.3. The van der Waals surface area contributed by atoms with Crippen molar-refractivity contribution in [3.05, 3.63) is 17.7 Å². The molecule has 0 bridgehead atoms. The normalized spacial score (nSPS) is 14.3. The van der Waals surface area contributed by atoms with Gasteiger partial charge in [-0.05, 0) is 12.8 Å². The number of unbranched alkanes of at least 4 members (excludes halogenated alkanes) is 7. The molecule has 1 heterocycles. The van der Waals surface area contributed by atoms with Gasteiger partial charge in [-0.1, -0.05) is 78.6 Å². The van der Waals surface area contributed by atoms with E-state index in [1.807, 2.05) is 0 Å². The molecular weight excluding hydrogens is 263 g/mol. The van der Waals surface area contributed by atoms with Crippen LogP contribution in [-0.4, -0.2) is 10.2 Å². The van der Waals surface area contributed by atoms with Gasteiger partial charge >= 0.3 is 0 Å². The van der Waals surface area contributed by atoms with Gasteiger partial charge in [0.25, 0.3) is 0 Å². The number of nitrogens with zero attached hydrogens (tertiary/aromatic N) is 1. The van der Waals surface area contributed by atoms with E-state index in [-0.39, 0.29) is 11.4 Å². The minimum absolute atomic E-state index is 0.0286. The predicted octanol–water partition coefficient (Wildman–Crippen LogP) is 6.14. The molecule has 0 aliphatic rings. The van der Waals surface area contributed by atoms with E-state index in [1.54, 1.807) is 6.07 Å². The highest BCUT2D eigenvalue weighted by Gasteiger charge is 2.28. The van der Waals surface area contributed by atoms with Crippen molar-refractivity contribution in [1.29, 1.82) is 0 Å². The van der Waals surface area contributed by atoms with Crippen LogP contribution in [0.5, 0.6) is 0 Å². The number of halogens is 1. The SMILES string of the molecule is CCCCCCCC(C)(CCCCCC)c1cc(F)[nH]n1. The highest BCUT2D eigenvalue weighted by Crippen LogP contribution is 2.34. The maximum absolute atomic E-state index is 13.3. The minimum Gasteiger partial charge on any atom is -0.253 e. The van der Waals surface area contributed by atoms with Crippen LogP contribution in [0, 0.1) is 5.95 Å². The highest BCUT2D eigenvalue weighted by atomic mass is 19.1. The lowest BCUT2D eigenvalue weighted by Gasteiger charge is -2.28. The van der Waals surface area contributed by atoms with E-state index in [0.717, 1.165) is 18.5 Å². The summed E-state index contributed by atoms with van der Waals surface area (Å²) in [5, 5.41) is 6.67. The average Bonchev–Trinajstić information content (AvgIpc) is 2.91. The lowest BCUT2D eigenvalue weighted by Crippen LogP contribution is -2.22. The molecular formula is C18H33FN2. The lowest BCUT2D eigenvalue weighted by atomic mass is 9.77. The van der Waals surface area contributed by atoms with Gasteiger partial charge in [-0.2, -0.15) is 9.49 Å². The Kier molecular flexibility index (Phi) is 8.63. The summed E-state index contributed by atoms with van der Waals surface area (Å²) >= 11 is 0. The van der Waals surface area contributed by atoms with Crippen molar-refractivity contribution in [3.63, 3.8) is 0 Å². The molecule has 1 unspecified atom stereocenters. The molecule has 0 aliphatic heterocycles. The van der Waals surface area contributed by atoms with E-state index in [1.165, 1.54) is 57.8 Å². The molecule has 0 fully saturated rings. The van der Waals surface area contributed by atoms with Crippen LogP contribution in [0.2, 0.25) is 0 Å². The standard InChI is InChI=1S/C18H33FN2/c1-4-6-8-10-12-14-18(3,13-11-9-7-5-2)16-15-17(19)21-20-16/h15H,4-14H2,1-3H3,(H,20,21). The van der Waals surface area contributed by atoms with Gasteiger partial charge in [0.1, 0.15) is 0 Å². The summed E-state index contributed by atoms with van der Waals surface area (Å²) in [5.74, 6) is -0.309. The zero-order chi connectivity index (χ0) is 15.6. The largest absolute Gasteiger partial charge is 0.253 e. The third-order valence-electron chi connectivity index (χ3n) is 4.58. The van der Waals surface area contributed by atoms with Crippen LogP contribution >= 0.6 is 0 Å². The van der Waals surface area contributed by atoms with Gasteiger partial charge in [-0.25, -0.2) is 0 Å². The second-order valence-electron chi connectivity index (χ2n) is 6.64. The van der Waals surface area contributed by atoms with E-state index in [0.29, 0.717) is 0 Å². The zero-order valence-corrected chi connectivity index (χ0v) is 14.2. The van der Waals surface area contributed by atoms with Crippen molar-refractivity contribution in [1.82, 2.24) is 10.2 Å². The van der Waals surface area contributed by atoms with Crippen molar-refractivity contribution in [2.75, 3.05) is 0 Å². The van der Waals surface area contributed by atoms with Gasteiger partial charge in [0.05, 0.1) is 5.69 Å². The third-order valence-corrected chi connectivity index (χ3v) is 4.58. The Hall–Kier alpha value is -0.860. The average molecular weight is 296 g/mol. The molecule has 0 amide bonds. The number of hydrogen-bond donors (Lipinski definition) is 1. The van der Waals surface area contributed by atoms with E-state index in [9.17, 15) is 4.39 Å². The molecule has 0 aromatic carbocycles. The highest BCUT2D eigenvalue weighted by molar-refractivity contribution is 5.14. The Bertz CT molecular complexity index is 375. The molecule has 0 saturated carbocycles. The molecule has 122 valence electrons. The Labute approximate surface area is 129 Å². The van der Waals surface area contributed by atoms with Gasteiger partial charge in [0.15, 0.2) is 0 Å². The number of H-pyrrole nitrogens is 1. The molecule has 0 radical (unpaired) electrons. The summed E-state index contributed by atoms with van der Waals surface area (Å²) in [6.07, 6.45) is 13.7. The first-order valence-corrected chi connectivity index (χ1v) is 8.83. The van der Waals surface area contributed by atoms with Gasteiger partial charge in [-0.15, -0.1) is 0 Å². The Morgan fingerprint density at radius 1 is 0.952 bits per heavy atom. The molecule has 1 rings (SSSR count). The van der Waals surface area contributed by atoms with Crippen LogP contribution in [0.1, 0.15) is 97.1 Å². The molecule has 1 atom stereocenters. The first kappa shape index (κ1) is 18.2. The van der Waals surface area contributed by atoms with Crippen LogP contribution in [0.4, 0.5) is 4.39 Å². The summed E-state index contributed by atoms with van der Waals surface area (Å²) in [5.41, 5.74) is 0.938. The van der Waals surface area contributed by atoms with Crippen LogP contribution in [0.25, 0.3) is 0 Å². The second-order valence-corrected chi connectivity index (χ2v) is 6.64. The number of aromatic nitrogens is 2. The Morgan fingerprint density at radius 2 is 1.48 bits per heavy atom. The molecule has 2 nitrogen and oxygen atoms in total. The summed E-state index contributed by atoms with van der Waals surface area (Å²) in [4.78, 5) is 0. The van der Waals surface area contributed by atoms with E-state index >= 15 is 0 Å². The molecule has 1 aromatic heterocycles. The number of rotatable bonds is 12. The quantitative estimate of drug-likeness (QED) is 0.461. The van der Waals surface area contributed by atoms with E-state index in [2.05, 4.69) is 31.0 Å². The monoisotopic (exact) mass is 296 g/mol. The van der Waals surface area contributed by atoms with Crippen molar-refractivity contribution in [2.24, 2.45) is 0 Å². The fourth-order valence-corrected chi connectivity index (χ4v) is 3.05.